The monoisotopic (exact) mass is 266 g/mol. The second-order valence-corrected chi connectivity index (χ2v) is 5.83. The molecule has 0 saturated carbocycles. The lowest BCUT2D eigenvalue weighted by Crippen LogP contribution is -2.32. The zero-order valence-corrected chi connectivity index (χ0v) is 11.3. The second-order valence-electron chi connectivity index (χ2n) is 5.83. The number of carboxylic acids is 1. The molecule has 0 aromatic carbocycles. The zero-order chi connectivity index (χ0) is 14.2. The Morgan fingerprint density at radius 3 is 2.68 bits per heavy atom. The summed E-state index contributed by atoms with van der Waals surface area (Å²) in [4.78, 5) is 22.4. The average Bonchev–Trinajstić information content (AvgIpc) is 2.84. The highest BCUT2D eigenvalue weighted by atomic mass is 16.4. The van der Waals surface area contributed by atoms with Crippen LogP contribution in [0.4, 0.5) is 0 Å². The molecule has 7 nitrogen and oxygen atoms in total. The summed E-state index contributed by atoms with van der Waals surface area (Å²) in [5.41, 5.74) is 0.192. The van der Waals surface area contributed by atoms with Gasteiger partial charge < -0.3 is 10.4 Å². The number of hydrogen-bond acceptors (Lipinski definition) is 4. The summed E-state index contributed by atoms with van der Waals surface area (Å²) < 4.78 is 1.60. The largest absolute Gasteiger partial charge is 0.476 e. The molecule has 1 fully saturated rings. The predicted molar refractivity (Wildman–Crippen MR) is 66.8 cm³/mol. The average molecular weight is 266 g/mol. The first-order valence-corrected chi connectivity index (χ1v) is 6.25. The van der Waals surface area contributed by atoms with Crippen molar-refractivity contribution in [2.45, 2.75) is 51.6 Å². The van der Waals surface area contributed by atoms with Crippen LogP contribution in [0.15, 0.2) is 0 Å². The molecule has 104 valence electrons. The maximum absolute atomic E-state index is 11.2. The Morgan fingerprint density at radius 2 is 2.21 bits per heavy atom. The number of aromatic carboxylic acids is 1. The standard InChI is InChI=1S/C12H18N4O3/c1-12(2,3)10-9(11(18)19)14-15-16(10)6-7-4-5-8(17)13-7/h7H,4-6H2,1-3H3,(H,13,17)(H,18,19). The van der Waals surface area contributed by atoms with Gasteiger partial charge in [-0.3, -0.25) is 4.79 Å². The maximum atomic E-state index is 11.2. The third-order valence-electron chi connectivity index (χ3n) is 3.13. The lowest BCUT2D eigenvalue weighted by Gasteiger charge is -2.21. The number of carboxylic acid groups (broad SMARTS) is 1. The summed E-state index contributed by atoms with van der Waals surface area (Å²) >= 11 is 0. The van der Waals surface area contributed by atoms with E-state index in [0.717, 1.165) is 6.42 Å². The lowest BCUT2D eigenvalue weighted by molar-refractivity contribution is -0.119. The zero-order valence-electron chi connectivity index (χ0n) is 11.3. The van der Waals surface area contributed by atoms with Crippen molar-refractivity contribution in [3.05, 3.63) is 11.4 Å². The highest BCUT2D eigenvalue weighted by Gasteiger charge is 2.31. The smallest absolute Gasteiger partial charge is 0.358 e. The molecule has 0 radical (unpaired) electrons. The van der Waals surface area contributed by atoms with Crippen molar-refractivity contribution in [1.29, 1.82) is 0 Å². The van der Waals surface area contributed by atoms with Crippen LogP contribution in [0.5, 0.6) is 0 Å². The van der Waals surface area contributed by atoms with E-state index >= 15 is 0 Å². The molecule has 0 aliphatic carbocycles. The quantitative estimate of drug-likeness (QED) is 0.832. The van der Waals surface area contributed by atoms with Gasteiger partial charge in [0.1, 0.15) is 0 Å². The summed E-state index contributed by atoms with van der Waals surface area (Å²) in [6.07, 6.45) is 1.25. The highest BCUT2D eigenvalue weighted by Crippen LogP contribution is 2.25. The molecule has 1 amide bonds. The summed E-state index contributed by atoms with van der Waals surface area (Å²) in [6.45, 7) is 6.21. The van der Waals surface area contributed by atoms with Gasteiger partial charge in [0.25, 0.3) is 0 Å². The van der Waals surface area contributed by atoms with Crippen molar-refractivity contribution in [2.75, 3.05) is 0 Å². The van der Waals surface area contributed by atoms with Crippen molar-refractivity contribution in [3.63, 3.8) is 0 Å². The van der Waals surface area contributed by atoms with E-state index in [2.05, 4.69) is 15.6 Å². The molecule has 0 spiro atoms. The predicted octanol–water partition coefficient (Wildman–Crippen LogP) is 0.552. The van der Waals surface area contributed by atoms with Gasteiger partial charge in [-0.05, 0) is 6.42 Å². The minimum absolute atomic E-state index is 0.00283. The summed E-state index contributed by atoms with van der Waals surface area (Å²) in [6, 6.07) is -0.00283. The number of carbonyl (C=O) groups is 2. The summed E-state index contributed by atoms with van der Waals surface area (Å²) in [5.74, 6) is -1.05. The van der Waals surface area contributed by atoms with E-state index in [0.29, 0.717) is 18.7 Å². The van der Waals surface area contributed by atoms with Crippen molar-refractivity contribution in [3.8, 4) is 0 Å². The maximum Gasteiger partial charge on any atom is 0.358 e. The third-order valence-corrected chi connectivity index (χ3v) is 3.13. The van der Waals surface area contributed by atoms with E-state index in [4.69, 9.17) is 5.11 Å². The van der Waals surface area contributed by atoms with Crippen LogP contribution in [0.3, 0.4) is 0 Å². The van der Waals surface area contributed by atoms with Crippen LogP contribution in [-0.2, 0) is 16.8 Å². The van der Waals surface area contributed by atoms with Gasteiger partial charge in [0, 0.05) is 17.9 Å². The van der Waals surface area contributed by atoms with Crippen LogP contribution in [0, 0.1) is 0 Å². The van der Waals surface area contributed by atoms with E-state index in [-0.39, 0.29) is 23.1 Å². The summed E-state index contributed by atoms with van der Waals surface area (Å²) in [5, 5.41) is 19.7. The Bertz CT molecular complexity index is 516. The Labute approximate surface area is 111 Å². The second kappa shape index (κ2) is 4.64. The molecule has 19 heavy (non-hydrogen) atoms. The minimum atomic E-state index is -1.08. The summed E-state index contributed by atoms with van der Waals surface area (Å²) in [7, 11) is 0. The van der Waals surface area contributed by atoms with Crippen LogP contribution < -0.4 is 5.32 Å². The number of nitrogens with one attached hydrogen (secondary N) is 1. The molecule has 2 rings (SSSR count). The molecule has 1 saturated heterocycles. The fourth-order valence-corrected chi connectivity index (χ4v) is 2.35. The molecule has 1 unspecified atom stereocenters. The molecule has 1 atom stereocenters. The van der Waals surface area contributed by atoms with Crippen LogP contribution >= 0.6 is 0 Å². The van der Waals surface area contributed by atoms with Gasteiger partial charge in [-0.2, -0.15) is 0 Å². The fraction of sp³-hybridized carbons (Fsp3) is 0.667. The van der Waals surface area contributed by atoms with Gasteiger partial charge in [0.15, 0.2) is 5.69 Å². The van der Waals surface area contributed by atoms with Crippen molar-refractivity contribution >= 4 is 11.9 Å². The minimum Gasteiger partial charge on any atom is -0.476 e. The molecule has 1 aromatic rings. The first-order valence-electron chi connectivity index (χ1n) is 6.25. The Balaban J connectivity index is 2.30. The SMILES string of the molecule is CC(C)(C)c1c(C(=O)O)nnn1CC1CCC(=O)N1. The van der Waals surface area contributed by atoms with Crippen molar-refractivity contribution in [1.82, 2.24) is 20.3 Å². The number of hydrogen-bond donors (Lipinski definition) is 2. The molecule has 1 aliphatic rings. The normalized spacial score (nSPS) is 19.5. The van der Waals surface area contributed by atoms with Gasteiger partial charge in [0.05, 0.1) is 12.2 Å². The molecule has 0 bridgehead atoms. The topological polar surface area (TPSA) is 97.1 Å². The van der Waals surface area contributed by atoms with Gasteiger partial charge in [-0.1, -0.05) is 26.0 Å². The molecule has 2 N–H and O–H groups in total. The number of rotatable bonds is 3. The molecular formula is C12H18N4O3. The number of nitrogens with zero attached hydrogens (tertiary/aromatic N) is 3. The van der Waals surface area contributed by atoms with Gasteiger partial charge in [-0.25, -0.2) is 9.48 Å². The molecule has 1 aliphatic heterocycles. The van der Waals surface area contributed by atoms with Gasteiger partial charge in [0.2, 0.25) is 5.91 Å². The highest BCUT2D eigenvalue weighted by molar-refractivity contribution is 5.86. The lowest BCUT2D eigenvalue weighted by atomic mass is 9.90. The molecular weight excluding hydrogens is 248 g/mol. The number of aromatic nitrogens is 3. The van der Waals surface area contributed by atoms with E-state index in [9.17, 15) is 9.59 Å². The van der Waals surface area contributed by atoms with Crippen LogP contribution in [0.25, 0.3) is 0 Å². The van der Waals surface area contributed by atoms with E-state index < -0.39 is 5.97 Å². The van der Waals surface area contributed by atoms with Crippen LogP contribution in [0.2, 0.25) is 0 Å². The fourth-order valence-electron chi connectivity index (χ4n) is 2.35. The van der Waals surface area contributed by atoms with E-state index in [1.54, 1.807) is 4.68 Å². The molecule has 2 heterocycles. The number of carbonyl (C=O) groups excluding carboxylic acids is 1. The van der Waals surface area contributed by atoms with Crippen LogP contribution in [0.1, 0.15) is 49.8 Å². The first kappa shape index (κ1) is 13.5. The molecule has 1 aromatic heterocycles. The Hall–Kier alpha value is -1.92. The number of amides is 1. The first-order chi connectivity index (χ1) is 8.79. The van der Waals surface area contributed by atoms with Gasteiger partial charge in [-0.15, -0.1) is 5.10 Å². The Kier molecular flexibility index (Phi) is 3.30. The van der Waals surface area contributed by atoms with Crippen molar-refractivity contribution < 1.29 is 14.7 Å². The van der Waals surface area contributed by atoms with E-state index in [1.807, 2.05) is 20.8 Å². The third kappa shape index (κ3) is 2.74. The Morgan fingerprint density at radius 1 is 1.53 bits per heavy atom. The van der Waals surface area contributed by atoms with Crippen molar-refractivity contribution in [2.24, 2.45) is 0 Å². The van der Waals surface area contributed by atoms with Crippen LogP contribution in [-0.4, -0.2) is 38.0 Å². The molecule has 7 heteroatoms. The van der Waals surface area contributed by atoms with Gasteiger partial charge >= 0.3 is 5.97 Å². The van der Waals surface area contributed by atoms with E-state index in [1.165, 1.54) is 0 Å².